The number of ether oxygens (including phenoxy) is 1. The van der Waals surface area contributed by atoms with Crippen molar-refractivity contribution in [3.8, 4) is 0 Å². The van der Waals surface area contributed by atoms with Gasteiger partial charge in [-0.2, -0.15) is 5.10 Å². The second-order valence-corrected chi connectivity index (χ2v) is 7.98. The molecule has 8 nitrogen and oxygen atoms in total. The molecule has 2 aliphatic heterocycles. The molecule has 0 unspecified atom stereocenters. The largest absolute Gasteiger partial charge is 0.472 e. The SMILES string of the molecule is CC(C)NC(=O)c1nn(C)c2c1COC1(CCN(C(=O)c3ccoc3)CC1)C2. The number of nitrogens with zero attached hydrogens (tertiary/aromatic N) is 3. The molecule has 0 bridgehead atoms. The first-order valence-corrected chi connectivity index (χ1v) is 9.69. The van der Waals surface area contributed by atoms with E-state index >= 15 is 0 Å². The lowest BCUT2D eigenvalue weighted by atomic mass is 9.83. The van der Waals surface area contributed by atoms with E-state index in [1.54, 1.807) is 10.7 Å². The number of aryl methyl sites for hydroxylation is 1. The van der Waals surface area contributed by atoms with Crippen molar-refractivity contribution in [3.63, 3.8) is 0 Å². The molecule has 2 aromatic rings. The molecule has 2 aliphatic rings. The summed E-state index contributed by atoms with van der Waals surface area (Å²) in [6, 6.07) is 1.74. The minimum Gasteiger partial charge on any atom is -0.472 e. The van der Waals surface area contributed by atoms with Crippen LogP contribution in [0.4, 0.5) is 0 Å². The Balaban J connectivity index is 1.47. The van der Waals surface area contributed by atoms with E-state index in [1.165, 1.54) is 12.5 Å². The molecule has 0 saturated carbocycles. The number of fused-ring (bicyclic) bond motifs is 1. The number of hydrogen-bond donors (Lipinski definition) is 1. The third kappa shape index (κ3) is 3.32. The molecule has 1 spiro atoms. The first-order chi connectivity index (χ1) is 13.4. The van der Waals surface area contributed by atoms with Crippen molar-refractivity contribution in [3.05, 3.63) is 41.1 Å². The van der Waals surface area contributed by atoms with Gasteiger partial charge < -0.3 is 19.4 Å². The summed E-state index contributed by atoms with van der Waals surface area (Å²) < 4.78 is 13.1. The van der Waals surface area contributed by atoms with Crippen molar-refractivity contribution in [2.45, 2.75) is 51.4 Å². The number of carbonyl (C=O) groups is 2. The maximum Gasteiger partial charge on any atom is 0.272 e. The molecule has 28 heavy (non-hydrogen) atoms. The predicted molar refractivity (Wildman–Crippen MR) is 101 cm³/mol. The van der Waals surface area contributed by atoms with Gasteiger partial charge in [-0.15, -0.1) is 0 Å². The Bertz CT molecular complexity index is 876. The number of amides is 2. The van der Waals surface area contributed by atoms with Crippen molar-refractivity contribution in [1.29, 1.82) is 0 Å². The van der Waals surface area contributed by atoms with Crippen LogP contribution in [-0.2, 0) is 24.8 Å². The Labute approximate surface area is 163 Å². The molecule has 8 heteroatoms. The number of carbonyl (C=O) groups excluding carboxylic acids is 2. The molecule has 1 N–H and O–H groups in total. The molecule has 0 atom stereocenters. The molecule has 4 rings (SSSR count). The third-order valence-corrected chi connectivity index (χ3v) is 5.65. The molecular formula is C20H26N4O4. The summed E-state index contributed by atoms with van der Waals surface area (Å²) in [6.45, 7) is 5.50. The van der Waals surface area contributed by atoms with Gasteiger partial charge in [0.05, 0.1) is 24.0 Å². The van der Waals surface area contributed by atoms with Crippen LogP contribution in [0.2, 0.25) is 0 Å². The minimum atomic E-state index is -0.306. The first-order valence-electron chi connectivity index (χ1n) is 9.69. The monoisotopic (exact) mass is 386 g/mol. The van der Waals surface area contributed by atoms with Crippen molar-refractivity contribution in [2.75, 3.05) is 13.1 Å². The van der Waals surface area contributed by atoms with Crippen LogP contribution in [0.15, 0.2) is 23.0 Å². The Morgan fingerprint density at radius 2 is 2.04 bits per heavy atom. The average Bonchev–Trinajstić information content (AvgIpc) is 3.30. The van der Waals surface area contributed by atoms with Crippen LogP contribution in [0.3, 0.4) is 0 Å². The number of aromatic nitrogens is 2. The Kier molecular flexibility index (Phi) is 4.74. The third-order valence-electron chi connectivity index (χ3n) is 5.65. The van der Waals surface area contributed by atoms with Gasteiger partial charge in [0, 0.05) is 43.9 Å². The molecule has 150 valence electrons. The van der Waals surface area contributed by atoms with Crippen molar-refractivity contribution >= 4 is 11.8 Å². The van der Waals surface area contributed by atoms with E-state index in [0.29, 0.717) is 37.4 Å². The van der Waals surface area contributed by atoms with Crippen molar-refractivity contribution in [1.82, 2.24) is 20.0 Å². The molecule has 0 aliphatic carbocycles. The fourth-order valence-electron chi connectivity index (χ4n) is 4.08. The topological polar surface area (TPSA) is 89.6 Å². The standard InChI is InChI=1S/C20H26N4O4/c1-13(2)21-18(25)17-15-12-28-20(10-16(15)23(3)22-17)5-7-24(8-6-20)19(26)14-4-9-27-11-14/h4,9,11,13H,5-8,10,12H2,1-3H3,(H,21,25). The van der Waals surface area contributed by atoms with Gasteiger partial charge in [0.2, 0.25) is 0 Å². The number of likely N-dealkylation sites (tertiary alicyclic amines) is 1. The van der Waals surface area contributed by atoms with E-state index in [1.807, 2.05) is 25.8 Å². The maximum atomic E-state index is 12.5. The summed E-state index contributed by atoms with van der Waals surface area (Å²) in [5.74, 6) is -0.166. The second-order valence-electron chi connectivity index (χ2n) is 7.98. The van der Waals surface area contributed by atoms with Gasteiger partial charge in [0.25, 0.3) is 11.8 Å². The van der Waals surface area contributed by atoms with E-state index in [0.717, 1.165) is 24.1 Å². The average molecular weight is 386 g/mol. The van der Waals surface area contributed by atoms with E-state index in [9.17, 15) is 9.59 Å². The van der Waals surface area contributed by atoms with Crippen molar-refractivity contribution < 1.29 is 18.7 Å². The summed E-state index contributed by atoms with van der Waals surface area (Å²) in [6.07, 6.45) is 5.22. The summed E-state index contributed by atoms with van der Waals surface area (Å²) in [5.41, 5.74) is 2.65. The Morgan fingerprint density at radius 1 is 1.29 bits per heavy atom. The number of furan rings is 1. The van der Waals surface area contributed by atoms with Gasteiger partial charge >= 0.3 is 0 Å². The highest BCUT2D eigenvalue weighted by Gasteiger charge is 2.42. The molecule has 4 heterocycles. The minimum absolute atomic E-state index is 0.00623. The number of nitrogens with one attached hydrogen (secondary N) is 1. The lowest BCUT2D eigenvalue weighted by molar-refractivity contribution is -0.0990. The first kappa shape index (κ1) is 18.7. The van der Waals surface area contributed by atoms with Crippen LogP contribution in [0, 0.1) is 0 Å². The molecule has 1 saturated heterocycles. The lowest BCUT2D eigenvalue weighted by Crippen LogP contribution is -2.50. The Hall–Kier alpha value is -2.61. The number of hydrogen-bond acceptors (Lipinski definition) is 5. The van der Waals surface area contributed by atoms with Gasteiger partial charge in [-0.25, -0.2) is 0 Å². The van der Waals surface area contributed by atoms with E-state index in [4.69, 9.17) is 9.15 Å². The van der Waals surface area contributed by atoms with Gasteiger partial charge in [-0.1, -0.05) is 0 Å². The zero-order chi connectivity index (χ0) is 19.9. The second kappa shape index (κ2) is 7.09. The van der Waals surface area contributed by atoms with Gasteiger partial charge in [-0.05, 0) is 32.8 Å². The quantitative estimate of drug-likeness (QED) is 0.870. The molecular weight excluding hydrogens is 360 g/mol. The van der Waals surface area contributed by atoms with E-state index < -0.39 is 0 Å². The summed E-state index contributed by atoms with van der Waals surface area (Å²) >= 11 is 0. The van der Waals surface area contributed by atoms with Gasteiger partial charge in [-0.3, -0.25) is 14.3 Å². The zero-order valence-electron chi connectivity index (χ0n) is 16.5. The summed E-state index contributed by atoms with van der Waals surface area (Å²) in [7, 11) is 1.88. The zero-order valence-corrected chi connectivity index (χ0v) is 16.5. The van der Waals surface area contributed by atoms with Crippen LogP contribution in [-0.4, -0.2) is 51.2 Å². The highest BCUT2D eigenvalue weighted by molar-refractivity contribution is 5.94. The van der Waals surface area contributed by atoms with Crippen LogP contribution in [0.1, 0.15) is 58.8 Å². The molecule has 2 aromatic heterocycles. The molecule has 2 amide bonds. The van der Waals surface area contributed by atoms with Gasteiger partial charge in [0.1, 0.15) is 6.26 Å². The molecule has 0 radical (unpaired) electrons. The van der Waals surface area contributed by atoms with E-state index in [2.05, 4.69) is 10.4 Å². The highest BCUT2D eigenvalue weighted by atomic mass is 16.5. The number of piperidine rings is 1. The Morgan fingerprint density at radius 3 is 2.68 bits per heavy atom. The highest BCUT2D eigenvalue weighted by Crippen LogP contribution is 2.37. The van der Waals surface area contributed by atoms with Crippen LogP contribution in [0.25, 0.3) is 0 Å². The summed E-state index contributed by atoms with van der Waals surface area (Å²) in [5, 5.41) is 7.35. The van der Waals surface area contributed by atoms with Crippen LogP contribution >= 0.6 is 0 Å². The smallest absolute Gasteiger partial charge is 0.272 e. The van der Waals surface area contributed by atoms with Crippen LogP contribution < -0.4 is 5.32 Å². The predicted octanol–water partition coefficient (Wildman–Crippen LogP) is 1.90. The molecule has 1 fully saturated rings. The number of rotatable bonds is 3. The molecule has 0 aromatic carbocycles. The van der Waals surface area contributed by atoms with Crippen molar-refractivity contribution in [2.24, 2.45) is 7.05 Å². The maximum absolute atomic E-state index is 12.5. The normalized spacial score (nSPS) is 18.4. The fraction of sp³-hybridized carbons (Fsp3) is 0.550. The fourth-order valence-corrected chi connectivity index (χ4v) is 4.08. The van der Waals surface area contributed by atoms with Crippen LogP contribution in [0.5, 0.6) is 0 Å². The van der Waals surface area contributed by atoms with Gasteiger partial charge in [0.15, 0.2) is 5.69 Å². The summed E-state index contributed by atoms with van der Waals surface area (Å²) in [4.78, 5) is 26.8. The van der Waals surface area contributed by atoms with E-state index in [-0.39, 0.29) is 23.5 Å². The lowest BCUT2D eigenvalue weighted by Gasteiger charge is -2.43.